The maximum absolute atomic E-state index is 6.97. The molecule has 0 amide bonds. The molecule has 266 valence electrons. The van der Waals surface area contributed by atoms with Crippen molar-refractivity contribution < 1.29 is 17.7 Å². The molecule has 56 heavy (non-hydrogen) atoms. The predicted octanol–water partition coefficient (Wildman–Crippen LogP) is 11.9. The van der Waals surface area contributed by atoms with E-state index in [0.29, 0.717) is 0 Å². The largest absolute Gasteiger partial charge is 0.456 e. The molecule has 0 unspecified atom stereocenters. The fourth-order valence-electron chi connectivity index (χ4n) is 10.5. The Labute approximate surface area is 323 Å². The van der Waals surface area contributed by atoms with Gasteiger partial charge in [0.25, 0.3) is 0 Å². The molecule has 2 aliphatic rings. The quantitative estimate of drug-likeness (QED) is 0.165. The zero-order valence-corrected chi connectivity index (χ0v) is 33.3. The van der Waals surface area contributed by atoms with E-state index < -0.39 is 16.1 Å². The van der Waals surface area contributed by atoms with Crippen LogP contribution in [0.25, 0.3) is 111 Å². The molecule has 0 aliphatic carbocycles. The first kappa shape index (κ1) is 30.9. The molecule has 11 aromatic rings. The smallest absolute Gasteiger partial charge is 0.147 e. The minimum Gasteiger partial charge on any atom is -0.456 e. The van der Waals surface area contributed by atoms with Crippen molar-refractivity contribution >= 4 is 103 Å². The second-order valence-corrected chi connectivity index (χ2v) is 25.3. The van der Waals surface area contributed by atoms with Crippen LogP contribution in [0.5, 0.6) is 0 Å². The molecule has 6 heteroatoms. The second kappa shape index (κ2) is 10.3. The molecule has 2 aliphatic heterocycles. The van der Waals surface area contributed by atoms with E-state index in [4.69, 9.17) is 17.7 Å². The molecule has 7 aromatic carbocycles. The van der Waals surface area contributed by atoms with Gasteiger partial charge in [-0.3, -0.25) is 0 Å². The Morgan fingerprint density at radius 3 is 1.45 bits per heavy atom. The third-order valence-electron chi connectivity index (χ3n) is 13.0. The second-order valence-electron chi connectivity index (χ2n) is 16.8. The third kappa shape index (κ3) is 3.73. The summed E-state index contributed by atoms with van der Waals surface area (Å²) in [5.74, 6) is 1.72. The Kier molecular flexibility index (Phi) is 5.68. The molecular weight excluding hydrogens is 721 g/mol. The van der Waals surface area contributed by atoms with Gasteiger partial charge in [-0.1, -0.05) is 117 Å². The highest BCUT2D eigenvalue weighted by molar-refractivity contribution is 7.13. The van der Waals surface area contributed by atoms with Crippen LogP contribution in [0.1, 0.15) is 0 Å². The summed E-state index contributed by atoms with van der Waals surface area (Å²) in [6.07, 6.45) is 0. The van der Waals surface area contributed by atoms with Crippen molar-refractivity contribution in [2.75, 3.05) is 0 Å². The summed E-state index contributed by atoms with van der Waals surface area (Å²) >= 11 is 0. The summed E-state index contributed by atoms with van der Waals surface area (Å²) in [6, 6.07) is 47.6. The summed E-state index contributed by atoms with van der Waals surface area (Å²) in [5.41, 5.74) is 12.8. The van der Waals surface area contributed by atoms with Gasteiger partial charge in [0.05, 0.1) is 5.56 Å². The highest BCUT2D eigenvalue weighted by Crippen LogP contribution is 2.48. The Morgan fingerprint density at radius 1 is 0.375 bits per heavy atom. The summed E-state index contributed by atoms with van der Waals surface area (Å²) in [5, 5.41) is 12.7. The average molecular weight is 755 g/mol. The van der Waals surface area contributed by atoms with Crippen molar-refractivity contribution in [3.05, 3.63) is 133 Å². The van der Waals surface area contributed by atoms with E-state index in [1.165, 1.54) is 38.0 Å². The maximum Gasteiger partial charge on any atom is 0.147 e. The van der Waals surface area contributed by atoms with Gasteiger partial charge >= 0.3 is 0 Å². The van der Waals surface area contributed by atoms with Crippen molar-refractivity contribution in [1.29, 1.82) is 0 Å². The van der Waals surface area contributed by atoms with Crippen molar-refractivity contribution in [3.8, 4) is 44.9 Å². The Morgan fingerprint density at radius 2 is 0.839 bits per heavy atom. The van der Waals surface area contributed by atoms with Crippen molar-refractivity contribution in [1.82, 2.24) is 0 Å². The number of hydrogen-bond donors (Lipinski definition) is 0. The lowest BCUT2D eigenvalue weighted by Gasteiger charge is -2.28. The van der Waals surface area contributed by atoms with Gasteiger partial charge in [-0.05, 0) is 79.9 Å². The lowest BCUT2D eigenvalue weighted by Crippen LogP contribution is -2.63. The van der Waals surface area contributed by atoms with Crippen LogP contribution in [-0.2, 0) is 0 Å². The van der Waals surface area contributed by atoms with E-state index in [1.54, 1.807) is 10.4 Å². The van der Waals surface area contributed by atoms with Crippen LogP contribution in [-0.4, -0.2) is 16.1 Å². The fourth-order valence-corrected chi connectivity index (χ4v) is 19.0. The van der Waals surface area contributed by atoms with Gasteiger partial charge in [-0.2, -0.15) is 0 Å². The van der Waals surface area contributed by atoms with E-state index in [0.717, 1.165) is 83.1 Å². The first-order chi connectivity index (χ1) is 27.3. The van der Waals surface area contributed by atoms with E-state index in [2.05, 4.69) is 141 Å². The Bertz CT molecular complexity index is 3480. The molecule has 6 heterocycles. The molecule has 0 fully saturated rings. The summed E-state index contributed by atoms with van der Waals surface area (Å²) in [6.45, 7) is 10.2. The number of fused-ring (bicyclic) bond motifs is 17. The lowest BCUT2D eigenvalue weighted by atomic mass is 9.93. The van der Waals surface area contributed by atoms with Crippen LogP contribution in [0, 0.1) is 0 Å². The highest BCUT2D eigenvalue weighted by atomic mass is 28.3. The van der Waals surface area contributed by atoms with Gasteiger partial charge in [0.2, 0.25) is 0 Å². The third-order valence-corrected chi connectivity index (χ3v) is 20.3. The molecule has 0 radical (unpaired) electrons. The van der Waals surface area contributed by atoms with Crippen LogP contribution >= 0.6 is 0 Å². The minimum absolute atomic E-state index is 0.844. The SMILES string of the molecule is C[Si]1(C)c2cc(-c3cc4ccccc4o3)c3c(oc4ccccc43)c2-c2ccc3c(c21)[Si](C)(C)c1cc(-c2cc4ccccc4o2)c2oc4ccccc4c2c1-3. The van der Waals surface area contributed by atoms with Gasteiger partial charge in [0.1, 0.15) is 61.2 Å². The molecule has 0 atom stereocenters. The number of furan rings is 4. The first-order valence-electron chi connectivity index (χ1n) is 19.4. The molecule has 0 N–H and O–H groups in total. The van der Waals surface area contributed by atoms with Crippen LogP contribution in [0.3, 0.4) is 0 Å². The van der Waals surface area contributed by atoms with Crippen molar-refractivity contribution in [2.24, 2.45) is 0 Å². The van der Waals surface area contributed by atoms with Gasteiger partial charge < -0.3 is 17.7 Å². The van der Waals surface area contributed by atoms with Crippen molar-refractivity contribution in [3.63, 3.8) is 0 Å². The molecule has 4 aromatic heterocycles. The van der Waals surface area contributed by atoms with Crippen LogP contribution < -0.4 is 20.7 Å². The van der Waals surface area contributed by atoms with E-state index in [1.807, 2.05) is 18.2 Å². The molecule has 0 saturated heterocycles. The molecule has 0 bridgehead atoms. The lowest BCUT2D eigenvalue weighted by molar-refractivity contribution is 0.626. The van der Waals surface area contributed by atoms with Crippen LogP contribution in [0.4, 0.5) is 0 Å². The summed E-state index contributed by atoms with van der Waals surface area (Å²) in [4.78, 5) is 0. The fraction of sp³-hybridized carbons (Fsp3) is 0.0800. The topological polar surface area (TPSA) is 52.6 Å². The van der Waals surface area contributed by atoms with Gasteiger partial charge in [-0.15, -0.1) is 0 Å². The van der Waals surface area contributed by atoms with Crippen LogP contribution in [0.15, 0.2) is 151 Å². The molecular formula is C50H34O4Si2. The molecule has 0 spiro atoms. The average Bonchev–Trinajstić information content (AvgIpc) is 4.05. The number of benzene rings is 7. The number of rotatable bonds is 2. The number of hydrogen-bond acceptors (Lipinski definition) is 4. The van der Waals surface area contributed by atoms with Crippen molar-refractivity contribution in [2.45, 2.75) is 26.2 Å². The number of para-hydroxylation sites is 4. The molecule has 0 saturated carbocycles. The maximum atomic E-state index is 6.97. The first-order valence-corrected chi connectivity index (χ1v) is 25.4. The van der Waals surface area contributed by atoms with E-state index in [9.17, 15) is 0 Å². The van der Waals surface area contributed by atoms with E-state index in [-0.39, 0.29) is 0 Å². The highest BCUT2D eigenvalue weighted by Gasteiger charge is 2.50. The molecule has 13 rings (SSSR count). The van der Waals surface area contributed by atoms with Gasteiger partial charge in [-0.25, -0.2) is 0 Å². The monoisotopic (exact) mass is 754 g/mol. The van der Waals surface area contributed by atoms with Gasteiger partial charge in [0.15, 0.2) is 0 Å². The summed E-state index contributed by atoms with van der Waals surface area (Å²) in [7, 11) is -4.69. The zero-order chi connectivity index (χ0) is 37.2. The zero-order valence-electron chi connectivity index (χ0n) is 31.3. The minimum atomic E-state index is -2.35. The van der Waals surface area contributed by atoms with Crippen LogP contribution in [0.2, 0.25) is 26.2 Å². The predicted molar refractivity (Wildman–Crippen MR) is 236 cm³/mol. The van der Waals surface area contributed by atoms with Gasteiger partial charge in [0, 0.05) is 43.4 Å². The summed E-state index contributed by atoms with van der Waals surface area (Å²) < 4.78 is 27.0. The molecule has 4 nitrogen and oxygen atoms in total. The Hall–Kier alpha value is -6.35. The van der Waals surface area contributed by atoms with E-state index >= 15 is 0 Å². The normalized spacial score (nSPS) is 15.1. The standard InChI is InChI=1S/C50H34O4Si2/c1-55(2)41-26-34(40-24-28-14-6-10-18-36(28)52-40)47-46(30-16-8-12-20-38(30)53-47)44(41)31-21-22-32-45-42(56(3,4)50(32)49(31)55)25-33(39-23-27-13-5-9-17-35(27)51-39)43-29-15-7-11-19-37(29)54-48(43)45/h5-26H,1-4H3. The Balaban J connectivity index is 1.12.